The Bertz CT molecular complexity index is 329. The first-order valence-electron chi connectivity index (χ1n) is 6.66. The highest BCUT2D eigenvalue weighted by Gasteiger charge is 2.15. The Labute approximate surface area is 109 Å². The smallest absolute Gasteiger partial charge is 0.118 e. The number of thioether (sulfide) groups is 1. The van der Waals surface area contributed by atoms with Crippen LogP contribution in [0.15, 0.2) is 16.5 Å². The van der Waals surface area contributed by atoms with Gasteiger partial charge in [0, 0.05) is 11.3 Å². The molecule has 0 saturated heterocycles. The second-order valence-corrected chi connectivity index (χ2v) is 6.41. The minimum atomic E-state index is 0.511. The predicted molar refractivity (Wildman–Crippen MR) is 74.2 cm³/mol. The van der Waals surface area contributed by atoms with Crippen LogP contribution >= 0.6 is 11.8 Å². The number of nitrogens with one attached hydrogen (secondary N) is 1. The molecule has 0 unspecified atom stereocenters. The summed E-state index contributed by atoms with van der Waals surface area (Å²) in [6, 6.07) is 4.73. The van der Waals surface area contributed by atoms with Gasteiger partial charge in [0.05, 0.1) is 12.3 Å². The van der Waals surface area contributed by atoms with Crippen LogP contribution in [-0.2, 0) is 12.3 Å². The highest BCUT2D eigenvalue weighted by atomic mass is 32.2. The standard InChI is InChI=1S/C14H23NOS/c1-11(2)15-9-12-7-8-13(16-12)10-17-14-5-3-4-6-14/h7-8,11,14-15H,3-6,9-10H2,1-2H3. The topological polar surface area (TPSA) is 25.2 Å². The van der Waals surface area contributed by atoms with Crippen molar-refractivity contribution in [1.29, 1.82) is 0 Å². The van der Waals surface area contributed by atoms with Crippen LogP contribution in [0.3, 0.4) is 0 Å². The van der Waals surface area contributed by atoms with Crippen molar-refractivity contribution in [1.82, 2.24) is 5.32 Å². The Kier molecular flexibility index (Phi) is 4.99. The summed E-state index contributed by atoms with van der Waals surface area (Å²) in [7, 11) is 0. The minimum Gasteiger partial charge on any atom is -0.464 e. The average molecular weight is 253 g/mol. The Balaban J connectivity index is 1.73. The normalized spacial score (nSPS) is 17.1. The van der Waals surface area contributed by atoms with Crippen molar-refractivity contribution in [2.75, 3.05) is 0 Å². The summed E-state index contributed by atoms with van der Waals surface area (Å²) >= 11 is 2.06. The third-order valence-corrected chi connectivity index (χ3v) is 4.56. The second kappa shape index (κ2) is 6.50. The van der Waals surface area contributed by atoms with Gasteiger partial charge in [-0.2, -0.15) is 11.8 Å². The lowest BCUT2D eigenvalue weighted by Crippen LogP contribution is -2.21. The van der Waals surface area contributed by atoms with Crippen molar-refractivity contribution in [2.24, 2.45) is 0 Å². The first-order chi connectivity index (χ1) is 8.24. The van der Waals surface area contributed by atoms with Gasteiger partial charge in [0.1, 0.15) is 11.5 Å². The highest BCUT2D eigenvalue weighted by molar-refractivity contribution is 7.99. The Morgan fingerprint density at radius 2 is 2.00 bits per heavy atom. The monoisotopic (exact) mass is 253 g/mol. The van der Waals surface area contributed by atoms with Crippen LogP contribution in [-0.4, -0.2) is 11.3 Å². The van der Waals surface area contributed by atoms with E-state index in [1.165, 1.54) is 25.7 Å². The van der Waals surface area contributed by atoms with E-state index in [0.717, 1.165) is 29.1 Å². The van der Waals surface area contributed by atoms with Crippen LogP contribution in [0.1, 0.15) is 51.1 Å². The Morgan fingerprint density at radius 1 is 1.29 bits per heavy atom. The molecule has 3 heteroatoms. The zero-order valence-corrected chi connectivity index (χ0v) is 11.7. The molecule has 96 valence electrons. The summed E-state index contributed by atoms with van der Waals surface area (Å²) in [4.78, 5) is 0. The highest BCUT2D eigenvalue weighted by Crippen LogP contribution is 2.31. The molecule has 2 rings (SSSR count). The molecule has 0 bridgehead atoms. The molecular weight excluding hydrogens is 230 g/mol. The summed E-state index contributed by atoms with van der Waals surface area (Å²) < 4.78 is 5.81. The van der Waals surface area contributed by atoms with Crippen LogP contribution in [0.2, 0.25) is 0 Å². The zero-order chi connectivity index (χ0) is 12.1. The van der Waals surface area contributed by atoms with E-state index in [4.69, 9.17) is 4.42 Å². The molecule has 0 spiro atoms. The molecule has 1 saturated carbocycles. The number of rotatable bonds is 6. The van der Waals surface area contributed by atoms with Crippen molar-refractivity contribution in [3.8, 4) is 0 Å². The van der Waals surface area contributed by atoms with E-state index in [9.17, 15) is 0 Å². The first kappa shape index (κ1) is 13.0. The molecule has 1 aromatic heterocycles. The first-order valence-corrected chi connectivity index (χ1v) is 7.71. The molecule has 0 atom stereocenters. The lowest BCUT2D eigenvalue weighted by molar-refractivity contribution is 0.445. The van der Waals surface area contributed by atoms with Crippen LogP contribution in [0.4, 0.5) is 0 Å². The van der Waals surface area contributed by atoms with E-state index < -0.39 is 0 Å². The van der Waals surface area contributed by atoms with E-state index in [-0.39, 0.29) is 0 Å². The molecule has 2 nitrogen and oxygen atoms in total. The van der Waals surface area contributed by atoms with Crippen molar-refractivity contribution < 1.29 is 4.42 Å². The van der Waals surface area contributed by atoms with Gasteiger partial charge in [-0.15, -0.1) is 0 Å². The molecule has 1 heterocycles. The molecule has 1 aliphatic rings. The second-order valence-electron chi connectivity index (χ2n) is 5.12. The number of hydrogen-bond donors (Lipinski definition) is 1. The molecule has 0 radical (unpaired) electrons. The summed E-state index contributed by atoms with van der Waals surface area (Å²) in [6.45, 7) is 5.14. The van der Waals surface area contributed by atoms with Gasteiger partial charge in [-0.1, -0.05) is 26.7 Å². The maximum atomic E-state index is 5.81. The van der Waals surface area contributed by atoms with E-state index >= 15 is 0 Å². The zero-order valence-electron chi connectivity index (χ0n) is 10.9. The molecule has 1 N–H and O–H groups in total. The number of furan rings is 1. The lowest BCUT2D eigenvalue weighted by atomic mass is 10.3. The van der Waals surface area contributed by atoms with Gasteiger partial charge in [0.25, 0.3) is 0 Å². The summed E-state index contributed by atoms with van der Waals surface area (Å²) in [6.07, 6.45) is 5.62. The number of hydrogen-bond acceptors (Lipinski definition) is 3. The molecule has 1 fully saturated rings. The van der Waals surface area contributed by atoms with E-state index in [1.807, 2.05) is 0 Å². The lowest BCUT2D eigenvalue weighted by Gasteiger charge is -2.07. The van der Waals surface area contributed by atoms with Crippen molar-refractivity contribution in [2.45, 2.75) is 63.1 Å². The summed E-state index contributed by atoms with van der Waals surface area (Å²) in [5.41, 5.74) is 0. The fourth-order valence-corrected chi connectivity index (χ4v) is 3.38. The third-order valence-electron chi connectivity index (χ3n) is 3.17. The molecule has 17 heavy (non-hydrogen) atoms. The van der Waals surface area contributed by atoms with Gasteiger partial charge in [0.15, 0.2) is 0 Å². The fourth-order valence-electron chi connectivity index (χ4n) is 2.15. The maximum Gasteiger partial charge on any atom is 0.118 e. The van der Waals surface area contributed by atoms with Crippen LogP contribution < -0.4 is 5.32 Å². The quantitative estimate of drug-likeness (QED) is 0.831. The largest absolute Gasteiger partial charge is 0.464 e. The Hall–Kier alpha value is -0.410. The molecular formula is C14H23NOS. The molecule has 0 amide bonds. The fraction of sp³-hybridized carbons (Fsp3) is 0.714. The van der Waals surface area contributed by atoms with Gasteiger partial charge in [0.2, 0.25) is 0 Å². The molecule has 1 aromatic rings. The molecule has 1 aliphatic carbocycles. The van der Waals surface area contributed by atoms with Crippen LogP contribution in [0, 0.1) is 0 Å². The van der Waals surface area contributed by atoms with Gasteiger partial charge in [-0.05, 0) is 25.0 Å². The van der Waals surface area contributed by atoms with Gasteiger partial charge in [-0.25, -0.2) is 0 Å². The maximum absolute atomic E-state index is 5.81. The molecule has 0 aliphatic heterocycles. The van der Waals surface area contributed by atoms with Crippen molar-refractivity contribution in [3.05, 3.63) is 23.7 Å². The van der Waals surface area contributed by atoms with E-state index in [2.05, 4.69) is 43.1 Å². The van der Waals surface area contributed by atoms with E-state index in [1.54, 1.807) is 0 Å². The van der Waals surface area contributed by atoms with Crippen LogP contribution in [0.5, 0.6) is 0 Å². The van der Waals surface area contributed by atoms with E-state index in [0.29, 0.717) is 6.04 Å². The predicted octanol–water partition coefficient (Wildman–Crippen LogP) is 3.95. The minimum absolute atomic E-state index is 0.511. The van der Waals surface area contributed by atoms with Crippen LogP contribution in [0.25, 0.3) is 0 Å². The van der Waals surface area contributed by atoms with Crippen molar-refractivity contribution in [3.63, 3.8) is 0 Å². The average Bonchev–Trinajstić information content (AvgIpc) is 2.95. The third kappa shape index (κ3) is 4.40. The van der Waals surface area contributed by atoms with Crippen molar-refractivity contribution >= 4 is 11.8 Å². The van der Waals surface area contributed by atoms with Gasteiger partial charge >= 0.3 is 0 Å². The summed E-state index contributed by atoms with van der Waals surface area (Å²) in [5.74, 6) is 3.22. The SMILES string of the molecule is CC(C)NCc1ccc(CSC2CCCC2)o1. The van der Waals surface area contributed by atoms with Gasteiger partial charge in [-0.3, -0.25) is 0 Å². The Morgan fingerprint density at radius 3 is 2.71 bits per heavy atom. The summed E-state index contributed by atoms with van der Waals surface area (Å²) in [5, 5.41) is 4.24. The van der Waals surface area contributed by atoms with Gasteiger partial charge < -0.3 is 9.73 Å². The molecule has 0 aromatic carbocycles.